The molecule has 110 valence electrons. The van der Waals surface area contributed by atoms with E-state index in [1.54, 1.807) is 11.9 Å². The maximum absolute atomic E-state index is 12.4. The molecule has 0 bridgehead atoms. The molecule has 1 unspecified atom stereocenters. The number of hydrogen-bond acceptors (Lipinski definition) is 3. The van der Waals surface area contributed by atoms with Gasteiger partial charge in [-0.25, -0.2) is 0 Å². The smallest absolute Gasteiger partial charge is 0.289 e. The number of rotatable bonds is 3. The molecule has 2 aromatic rings. The zero-order valence-electron chi connectivity index (χ0n) is 12.3. The van der Waals surface area contributed by atoms with Gasteiger partial charge in [-0.05, 0) is 26.3 Å². The lowest BCUT2D eigenvalue weighted by molar-refractivity contribution is 0.0717. The van der Waals surface area contributed by atoms with Crippen molar-refractivity contribution in [3.05, 3.63) is 35.1 Å². The second-order valence-corrected chi connectivity index (χ2v) is 5.01. The second kappa shape index (κ2) is 6.29. The fourth-order valence-electron chi connectivity index (χ4n) is 2.11. The summed E-state index contributed by atoms with van der Waals surface area (Å²) in [4.78, 5) is 14.0. The van der Waals surface area contributed by atoms with Crippen LogP contribution in [0.2, 0.25) is 0 Å². The van der Waals surface area contributed by atoms with Crippen molar-refractivity contribution < 1.29 is 9.21 Å². The van der Waals surface area contributed by atoms with Crippen LogP contribution in [0.5, 0.6) is 0 Å². The minimum atomic E-state index is -0.119. The molecule has 0 aliphatic heterocycles. The largest absolute Gasteiger partial charge is 0.450 e. The monoisotopic (exact) mass is 296 g/mol. The Kier molecular flexibility index (Phi) is 5.20. The molecule has 1 aromatic carbocycles. The summed E-state index contributed by atoms with van der Waals surface area (Å²) in [6, 6.07) is 5.91. The Balaban J connectivity index is 0.00000200. The zero-order valence-corrected chi connectivity index (χ0v) is 13.1. The summed E-state index contributed by atoms with van der Waals surface area (Å²) in [5, 5.41) is 0.997. The number of likely N-dealkylation sites (N-methyl/N-ethyl adjacent to an activating group) is 1. The Labute approximate surface area is 125 Å². The number of amides is 1. The molecular formula is C15H21ClN2O2. The Morgan fingerprint density at radius 1 is 1.40 bits per heavy atom. The van der Waals surface area contributed by atoms with Gasteiger partial charge in [0.2, 0.25) is 0 Å². The summed E-state index contributed by atoms with van der Waals surface area (Å²) in [7, 11) is 1.75. The Bertz CT molecular complexity index is 622. The fourth-order valence-corrected chi connectivity index (χ4v) is 2.11. The molecule has 2 N–H and O–H groups in total. The van der Waals surface area contributed by atoms with E-state index >= 15 is 0 Å². The van der Waals surface area contributed by atoms with Crippen LogP contribution in [0.15, 0.2) is 22.6 Å². The van der Waals surface area contributed by atoms with Gasteiger partial charge in [-0.1, -0.05) is 18.2 Å². The molecule has 2 rings (SSSR count). The molecule has 0 saturated heterocycles. The van der Waals surface area contributed by atoms with Gasteiger partial charge in [0.05, 0.1) is 0 Å². The van der Waals surface area contributed by atoms with Crippen LogP contribution in [0.3, 0.4) is 0 Å². The SMILES string of the molecule is Cc1c(C(=O)N(C)C(C)CN)oc2c(C)cccc12.Cl. The van der Waals surface area contributed by atoms with Crippen molar-refractivity contribution in [2.75, 3.05) is 13.6 Å². The maximum Gasteiger partial charge on any atom is 0.289 e. The average molecular weight is 297 g/mol. The van der Waals surface area contributed by atoms with Gasteiger partial charge in [-0.2, -0.15) is 0 Å². The van der Waals surface area contributed by atoms with Crippen LogP contribution in [0, 0.1) is 13.8 Å². The van der Waals surface area contributed by atoms with Crippen LogP contribution in [-0.2, 0) is 0 Å². The number of para-hydroxylation sites is 1. The number of aryl methyl sites for hydroxylation is 2. The van der Waals surface area contributed by atoms with Gasteiger partial charge >= 0.3 is 0 Å². The predicted octanol–water partition coefficient (Wildman–Crippen LogP) is 2.89. The Morgan fingerprint density at radius 2 is 2.05 bits per heavy atom. The van der Waals surface area contributed by atoms with Crippen LogP contribution in [-0.4, -0.2) is 30.4 Å². The van der Waals surface area contributed by atoms with Gasteiger partial charge in [-0.3, -0.25) is 4.79 Å². The number of furan rings is 1. The van der Waals surface area contributed by atoms with E-state index in [0.717, 1.165) is 22.1 Å². The van der Waals surface area contributed by atoms with Crippen molar-refractivity contribution in [1.82, 2.24) is 4.90 Å². The number of carbonyl (C=O) groups excluding carboxylic acids is 1. The highest BCUT2D eigenvalue weighted by molar-refractivity contribution is 5.99. The molecule has 1 amide bonds. The molecule has 1 atom stereocenters. The first kappa shape index (κ1) is 16.5. The van der Waals surface area contributed by atoms with Gasteiger partial charge in [0.25, 0.3) is 5.91 Å². The van der Waals surface area contributed by atoms with Crippen molar-refractivity contribution >= 4 is 29.3 Å². The first-order valence-corrected chi connectivity index (χ1v) is 6.43. The van der Waals surface area contributed by atoms with E-state index in [2.05, 4.69) is 0 Å². The normalized spacial score (nSPS) is 12.1. The molecule has 1 heterocycles. The predicted molar refractivity (Wildman–Crippen MR) is 83.5 cm³/mol. The van der Waals surface area contributed by atoms with Crippen molar-refractivity contribution in [2.24, 2.45) is 5.73 Å². The highest BCUT2D eigenvalue weighted by Crippen LogP contribution is 2.28. The Morgan fingerprint density at radius 3 is 2.60 bits per heavy atom. The third-order valence-corrected chi connectivity index (χ3v) is 3.68. The minimum absolute atomic E-state index is 0. The quantitative estimate of drug-likeness (QED) is 0.947. The number of carbonyl (C=O) groups is 1. The minimum Gasteiger partial charge on any atom is -0.450 e. The van der Waals surface area contributed by atoms with Crippen molar-refractivity contribution in [3.8, 4) is 0 Å². The lowest BCUT2D eigenvalue weighted by Crippen LogP contribution is -2.39. The number of hydrogen-bond donors (Lipinski definition) is 1. The number of halogens is 1. The van der Waals surface area contributed by atoms with Crippen LogP contribution >= 0.6 is 12.4 Å². The molecule has 0 radical (unpaired) electrons. The summed E-state index contributed by atoms with van der Waals surface area (Å²) in [5.74, 6) is 0.290. The maximum atomic E-state index is 12.4. The summed E-state index contributed by atoms with van der Waals surface area (Å²) in [6.45, 7) is 6.24. The summed E-state index contributed by atoms with van der Waals surface area (Å²) >= 11 is 0. The van der Waals surface area contributed by atoms with E-state index in [-0.39, 0.29) is 24.4 Å². The standard InChI is InChI=1S/C15H20N2O2.ClH/c1-9-6-5-7-12-11(3)14(19-13(9)12)15(18)17(4)10(2)8-16;/h5-7,10H,8,16H2,1-4H3;1H. The molecular weight excluding hydrogens is 276 g/mol. The van der Waals surface area contributed by atoms with Gasteiger partial charge < -0.3 is 15.1 Å². The van der Waals surface area contributed by atoms with Crippen LogP contribution in [0.25, 0.3) is 11.0 Å². The molecule has 0 aliphatic carbocycles. The third kappa shape index (κ3) is 2.67. The summed E-state index contributed by atoms with van der Waals surface area (Å²) in [6.07, 6.45) is 0. The molecule has 5 heteroatoms. The van der Waals surface area contributed by atoms with E-state index in [0.29, 0.717) is 12.3 Å². The van der Waals surface area contributed by atoms with Gasteiger partial charge in [0, 0.05) is 30.6 Å². The van der Waals surface area contributed by atoms with Crippen molar-refractivity contribution in [1.29, 1.82) is 0 Å². The molecule has 0 spiro atoms. The second-order valence-electron chi connectivity index (χ2n) is 5.01. The number of nitrogens with zero attached hydrogens (tertiary/aromatic N) is 1. The van der Waals surface area contributed by atoms with Crippen LogP contribution < -0.4 is 5.73 Å². The molecule has 0 saturated carbocycles. The van der Waals surface area contributed by atoms with E-state index in [1.807, 2.05) is 39.0 Å². The molecule has 20 heavy (non-hydrogen) atoms. The van der Waals surface area contributed by atoms with Gasteiger partial charge in [0.15, 0.2) is 5.76 Å². The van der Waals surface area contributed by atoms with Crippen LogP contribution in [0.1, 0.15) is 28.6 Å². The van der Waals surface area contributed by atoms with Gasteiger partial charge in [-0.15, -0.1) is 12.4 Å². The van der Waals surface area contributed by atoms with E-state index in [1.165, 1.54) is 0 Å². The van der Waals surface area contributed by atoms with E-state index in [9.17, 15) is 4.79 Å². The zero-order chi connectivity index (χ0) is 14.2. The average Bonchev–Trinajstić information content (AvgIpc) is 2.75. The highest BCUT2D eigenvalue weighted by Gasteiger charge is 2.23. The number of fused-ring (bicyclic) bond motifs is 1. The van der Waals surface area contributed by atoms with Crippen molar-refractivity contribution in [2.45, 2.75) is 26.8 Å². The first-order chi connectivity index (χ1) is 8.97. The molecule has 4 nitrogen and oxygen atoms in total. The summed E-state index contributed by atoms with van der Waals surface area (Å²) < 4.78 is 5.78. The highest BCUT2D eigenvalue weighted by atomic mass is 35.5. The van der Waals surface area contributed by atoms with Crippen molar-refractivity contribution in [3.63, 3.8) is 0 Å². The van der Waals surface area contributed by atoms with Gasteiger partial charge in [0.1, 0.15) is 5.58 Å². The van der Waals surface area contributed by atoms with Crippen LogP contribution in [0.4, 0.5) is 0 Å². The third-order valence-electron chi connectivity index (χ3n) is 3.68. The summed E-state index contributed by atoms with van der Waals surface area (Å²) in [5.41, 5.74) is 8.32. The lowest BCUT2D eigenvalue weighted by atomic mass is 10.1. The van der Waals surface area contributed by atoms with E-state index in [4.69, 9.17) is 10.2 Å². The number of benzene rings is 1. The molecule has 0 fully saturated rings. The lowest BCUT2D eigenvalue weighted by Gasteiger charge is -2.22. The first-order valence-electron chi connectivity index (χ1n) is 6.43. The van der Waals surface area contributed by atoms with E-state index < -0.39 is 0 Å². The number of nitrogens with two attached hydrogens (primary N) is 1. The molecule has 0 aliphatic rings. The fraction of sp³-hybridized carbons (Fsp3) is 0.400. The topological polar surface area (TPSA) is 59.5 Å². The Hall–Kier alpha value is -1.52. The molecule has 1 aromatic heterocycles.